The highest BCUT2D eigenvalue weighted by molar-refractivity contribution is 5.07. The van der Waals surface area contributed by atoms with Crippen molar-refractivity contribution in [2.24, 2.45) is 11.8 Å². The Balaban J connectivity index is 1.58. The van der Waals surface area contributed by atoms with Gasteiger partial charge in [-0.25, -0.2) is 4.90 Å². The second kappa shape index (κ2) is 6.08. The predicted octanol–water partition coefficient (Wildman–Crippen LogP) is 2.44. The molecule has 0 saturated carbocycles. The zero-order chi connectivity index (χ0) is 15.0. The van der Waals surface area contributed by atoms with E-state index >= 15 is 0 Å². The fourth-order valence-electron chi connectivity index (χ4n) is 4.57. The third-order valence-corrected chi connectivity index (χ3v) is 5.86. The van der Waals surface area contributed by atoms with E-state index in [9.17, 15) is 5.11 Å². The summed E-state index contributed by atoms with van der Waals surface area (Å²) in [5, 5.41) is 10.0. The summed E-state index contributed by atoms with van der Waals surface area (Å²) in [7, 11) is 0. The first-order valence-corrected chi connectivity index (χ1v) is 8.76. The third kappa shape index (κ3) is 2.37. The lowest BCUT2D eigenvalue weighted by atomic mass is 9.88. The van der Waals surface area contributed by atoms with Gasteiger partial charge in [0, 0.05) is 11.8 Å². The molecule has 4 nitrogen and oxygen atoms in total. The largest absolute Gasteiger partial charge is 0.394 e. The van der Waals surface area contributed by atoms with Crippen LogP contribution < -0.4 is 0 Å². The Morgan fingerprint density at radius 1 is 0.909 bits per heavy atom. The van der Waals surface area contributed by atoms with Gasteiger partial charge in [-0.1, -0.05) is 24.3 Å². The molecular weight excluding hydrogens is 278 g/mol. The van der Waals surface area contributed by atoms with Gasteiger partial charge in [0.05, 0.1) is 25.4 Å². The number of hydrogen-bond acceptors (Lipinski definition) is 4. The first-order valence-electron chi connectivity index (χ1n) is 8.76. The first-order chi connectivity index (χ1) is 10.8. The van der Waals surface area contributed by atoms with Gasteiger partial charge in [0.25, 0.3) is 0 Å². The molecule has 2 aliphatic heterocycles. The molecule has 0 amide bonds. The van der Waals surface area contributed by atoms with Gasteiger partial charge >= 0.3 is 0 Å². The molecule has 4 heteroatoms. The molecule has 5 atom stereocenters. The summed E-state index contributed by atoms with van der Waals surface area (Å²) < 4.78 is 12.4. The predicted molar refractivity (Wildman–Crippen MR) is 84.1 cm³/mol. The molecule has 4 aliphatic rings. The number of aliphatic hydroxyl groups is 1. The van der Waals surface area contributed by atoms with Crippen LogP contribution in [0.5, 0.6) is 0 Å². The van der Waals surface area contributed by atoms with Crippen LogP contribution in [0.3, 0.4) is 0 Å². The van der Waals surface area contributed by atoms with E-state index < -0.39 is 0 Å². The zero-order valence-electron chi connectivity index (χ0n) is 13.2. The SMILES string of the molecule is OCC12CO[C@H]([C@@H]3CC=CCC3)N1[C@H]([C@@H]1CC=CCC1)OC2. The quantitative estimate of drug-likeness (QED) is 0.813. The molecule has 4 rings (SSSR count). The van der Waals surface area contributed by atoms with Crippen molar-refractivity contribution in [3.05, 3.63) is 24.3 Å². The van der Waals surface area contributed by atoms with Crippen LogP contribution in [0.25, 0.3) is 0 Å². The number of ether oxygens (including phenoxy) is 2. The maximum Gasteiger partial charge on any atom is 0.116 e. The molecule has 1 N–H and O–H groups in total. The van der Waals surface area contributed by atoms with Crippen molar-refractivity contribution in [2.45, 2.75) is 56.5 Å². The summed E-state index contributed by atoms with van der Waals surface area (Å²) in [4.78, 5) is 2.42. The van der Waals surface area contributed by atoms with Gasteiger partial charge in [-0.05, 0) is 38.5 Å². The standard InChI is InChI=1S/C18H27NO3/c20-11-18-12-21-16(14-7-3-1-4-8-14)19(18)17(22-13-18)15-9-5-2-6-10-15/h1-3,5,14-17,20H,4,6-13H2/t14-,15-,16-,17+,18?/m1/s1. The molecule has 2 saturated heterocycles. The van der Waals surface area contributed by atoms with Crippen LogP contribution in [0.2, 0.25) is 0 Å². The minimum absolute atomic E-state index is 0.107. The summed E-state index contributed by atoms with van der Waals surface area (Å²) in [5.74, 6) is 1.06. The highest BCUT2D eigenvalue weighted by Gasteiger charge is 2.58. The minimum atomic E-state index is -0.308. The van der Waals surface area contributed by atoms with Crippen molar-refractivity contribution in [2.75, 3.05) is 19.8 Å². The Hall–Kier alpha value is -0.680. The molecule has 1 unspecified atom stereocenters. The summed E-state index contributed by atoms with van der Waals surface area (Å²) in [6, 6.07) is 0. The second-order valence-electron chi connectivity index (χ2n) is 7.28. The van der Waals surface area contributed by atoms with Gasteiger partial charge in [0.2, 0.25) is 0 Å². The van der Waals surface area contributed by atoms with Crippen LogP contribution in [0.1, 0.15) is 38.5 Å². The topological polar surface area (TPSA) is 41.9 Å². The Morgan fingerprint density at radius 3 is 1.86 bits per heavy atom. The lowest BCUT2D eigenvalue weighted by Crippen LogP contribution is -2.54. The summed E-state index contributed by atoms with van der Waals surface area (Å²) in [6.45, 7) is 1.34. The van der Waals surface area contributed by atoms with E-state index in [0.29, 0.717) is 25.0 Å². The molecular formula is C18H27NO3. The average molecular weight is 305 g/mol. The van der Waals surface area contributed by atoms with Crippen LogP contribution in [-0.2, 0) is 9.47 Å². The number of nitrogens with zero attached hydrogens (tertiary/aromatic N) is 1. The van der Waals surface area contributed by atoms with E-state index in [1.165, 1.54) is 12.8 Å². The third-order valence-electron chi connectivity index (χ3n) is 5.86. The fourth-order valence-corrected chi connectivity index (χ4v) is 4.57. The fraction of sp³-hybridized carbons (Fsp3) is 0.778. The van der Waals surface area contributed by atoms with Crippen molar-refractivity contribution in [3.63, 3.8) is 0 Å². The van der Waals surface area contributed by atoms with Gasteiger partial charge in [-0.3, -0.25) is 0 Å². The monoisotopic (exact) mass is 305 g/mol. The van der Waals surface area contributed by atoms with Crippen LogP contribution in [0.4, 0.5) is 0 Å². The highest BCUT2D eigenvalue weighted by Crippen LogP contribution is 2.45. The number of allylic oxidation sites excluding steroid dienone is 4. The molecule has 0 aromatic rings. The van der Waals surface area contributed by atoms with E-state index in [-0.39, 0.29) is 24.6 Å². The van der Waals surface area contributed by atoms with Crippen LogP contribution >= 0.6 is 0 Å². The molecule has 2 fully saturated rings. The number of hydrogen-bond donors (Lipinski definition) is 1. The van der Waals surface area contributed by atoms with E-state index in [0.717, 1.165) is 25.7 Å². The van der Waals surface area contributed by atoms with E-state index in [4.69, 9.17) is 9.47 Å². The van der Waals surface area contributed by atoms with E-state index in [1.807, 2.05) is 0 Å². The second-order valence-corrected chi connectivity index (χ2v) is 7.28. The molecule has 122 valence electrons. The van der Waals surface area contributed by atoms with Crippen LogP contribution in [0.15, 0.2) is 24.3 Å². The lowest BCUT2D eigenvalue weighted by Gasteiger charge is -2.39. The molecule has 0 aromatic carbocycles. The van der Waals surface area contributed by atoms with E-state index in [2.05, 4.69) is 29.2 Å². The molecule has 0 bridgehead atoms. The molecule has 0 spiro atoms. The van der Waals surface area contributed by atoms with Gasteiger partial charge in [0.15, 0.2) is 0 Å². The van der Waals surface area contributed by atoms with Gasteiger partial charge in [-0.15, -0.1) is 0 Å². The smallest absolute Gasteiger partial charge is 0.116 e. The lowest BCUT2D eigenvalue weighted by molar-refractivity contribution is -0.109. The molecule has 22 heavy (non-hydrogen) atoms. The van der Waals surface area contributed by atoms with E-state index in [1.54, 1.807) is 0 Å². The number of aliphatic hydroxyl groups excluding tert-OH is 1. The number of fused-ring (bicyclic) bond motifs is 1. The molecule has 2 aliphatic carbocycles. The Bertz CT molecular complexity index is 425. The van der Waals surface area contributed by atoms with Crippen molar-refractivity contribution in [1.82, 2.24) is 4.90 Å². The first kappa shape index (κ1) is 14.9. The summed E-state index contributed by atoms with van der Waals surface area (Å²) in [5.41, 5.74) is -0.308. The normalized spacial score (nSPS) is 45.3. The highest BCUT2D eigenvalue weighted by atomic mass is 16.6. The summed E-state index contributed by atoms with van der Waals surface area (Å²) >= 11 is 0. The molecule has 0 aromatic heterocycles. The average Bonchev–Trinajstić information content (AvgIpc) is 3.14. The van der Waals surface area contributed by atoms with Crippen molar-refractivity contribution >= 4 is 0 Å². The van der Waals surface area contributed by atoms with Crippen molar-refractivity contribution in [3.8, 4) is 0 Å². The van der Waals surface area contributed by atoms with Crippen LogP contribution in [-0.4, -0.2) is 47.8 Å². The summed E-state index contributed by atoms with van der Waals surface area (Å²) in [6.07, 6.45) is 16.1. The minimum Gasteiger partial charge on any atom is -0.394 e. The van der Waals surface area contributed by atoms with Gasteiger partial charge in [0.1, 0.15) is 12.5 Å². The Labute approximate surface area is 132 Å². The molecule has 0 radical (unpaired) electrons. The molecule has 2 heterocycles. The van der Waals surface area contributed by atoms with Crippen LogP contribution in [0, 0.1) is 11.8 Å². The number of rotatable bonds is 3. The zero-order valence-corrected chi connectivity index (χ0v) is 13.2. The van der Waals surface area contributed by atoms with Gasteiger partial charge < -0.3 is 14.6 Å². The Kier molecular flexibility index (Phi) is 4.11. The van der Waals surface area contributed by atoms with Crippen molar-refractivity contribution < 1.29 is 14.6 Å². The maximum atomic E-state index is 10.0. The maximum absolute atomic E-state index is 10.0. The Morgan fingerprint density at radius 2 is 1.45 bits per heavy atom. The van der Waals surface area contributed by atoms with Crippen molar-refractivity contribution in [1.29, 1.82) is 0 Å². The van der Waals surface area contributed by atoms with Gasteiger partial charge in [-0.2, -0.15) is 0 Å².